The first-order valence-corrected chi connectivity index (χ1v) is 9.24. The van der Waals surface area contributed by atoms with Crippen molar-refractivity contribution in [1.82, 2.24) is 0 Å². The van der Waals surface area contributed by atoms with Crippen LogP contribution in [0.1, 0.15) is 26.7 Å². The summed E-state index contributed by atoms with van der Waals surface area (Å²) in [4.78, 5) is 0. The van der Waals surface area contributed by atoms with Crippen molar-refractivity contribution in [3.05, 3.63) is 0 Å². The van der Waals surface area contributed by atoms with Crippen molar-refractivity contribution in [3.8, 4) is 0 Å². The molecule has 0 aromatic rings. The maximum atomic E-state index is 5.38. The molecule has 0 aliphatic rings. The van der Waals surface area contributed by atoms with Crippen LogP contribution in [0.3, 0.4) is 0 Å². The topological polar surface area (TPSA) is 18.5 Å². The molecule has 0 bridgehead atoms. The minimum Gasteiger partial charge on any atom is -0.383 e. The summed E-state index contributed by atoms with van der Waals surface area (Å²) in [6.07, 6.45) is 2.09. The quantitative estimate of drug-likeness (QED) is 0.330. The van der Waals surface area contributed by atoms with Crippen molar-refractivity contribution < 1.29 is 9.47 Å². The number of rotatable bonds is 11. The highest BCUT2D eigenvalue weighted by atomic mass is 33.1. The molecule has 0 heterocycles. The van der Waals surface area contributed by atoms with Crippen molar-refractivity contribution in [2.45, 2.75) is 38.1 Å². The van der Waals surface area contributed by atoms with E-state index in [-0.39, 0.29) is 11.5 Å². The lowest BCUT2D eigenvalue weighted by molar-refractivity contribution is 0.117. The number of hydrogen-bond donors (Lipinski definition) is 0. The predicted molar refractivity (Wildman–Crippen MR) is 76.5 cm³/mol. The molecule has 2 nitrogen and oxygen atoms in total. The lowest BCUT2D eigenvalue weighted by Crippen LogP contribution is -2.13. The van der Waals surface area contributed by atoms with E-state index in [1.807, 2.05) is 35.4 Å². The zero-order valence-corrected chi connectivity index (χ0v) is 13.7. The van der Waals surface area contributed by atoms with Crippen LogP contribution in [0.15, 0.2) is 0 Å². The fraction of sp³-hybridized carbons (Fsp3) is 1.00. The molecule has 6 radical (unpaired) electrons. The van der Waals surface area contributed by atoms with Gasteiger partial charge in [0.05, 0.1) is 20.5 Å². The van der Waals surface area contributed by atoms with Crippen LogP contribution in [0, 0.1) is 0 Å². The van der Waals surface area contributed by atoms with Crippen LogP contribution in [0.25, 0.3) is 0 Å². The van der Waals surface area contributed by atoms with E-state index in [0.29, 0.717) is 0 Å². The smallest absolute Gasteiger partial charge is 0.0657 e. The van der Waals surface area contributed by atoms with Gasteiger partial charge in [-0.3, -0.25) is 0 Å². The molecule has 0 saturated carbocycles. The van der Waals surface area contributed by atoms with E-state index in [2.05, 4.69) is 20.5 Å². The highest BCUT2D eigenvalue weighted by molar-refractivity contribution is 8.76. The Bertz CT molecular complexity index is 137. The number of hydrogen-bond acceptors (Lipinski definition) is 4. The Morgan fingerprint density at radius 2 is 1.25 bits per heavy atom. The Labute approximate surface area is 114 Å². The van der Waals surface area contributed by atoms with Gasteiger partial charge in [0.1, 0.15) is 0 Å². The first-order chi connectivity index (χ1) is 7.70. The summed E-state index contributed by atoms with van der Waals surface area (Å²) >= 11 is 0. The molecule has 0 spiro atoms. The molecule has 0 aliphatic heterocycles. The van der Waals surface area contributed by atoms with Crippen LogP contribution in [-0.2, 0) is 9.47 Å². The minimum atomic E-state index is 0.199. The van der Waals surface area contributed by atoms with Gasteiger partial charge in [-0.15, -0.1) is 0 Å². The summed E-state index contributed by atoms with van der Waals surface area (Å²) in [7, 11) is 10.8. The molecule has 0 rings (SSSR count). The summed E-state index contributed by atoms with van der Waals surface area (Å²) in [5.74, 6) is 2.22. The predicted octanol–water partition coefficient (Wildman–Crippen LogP) is 2.21. The van der Waals surface area contributed by atoms with Crippen LogP contribution in [0.4, 0.5) is 0 Å². The van der Waals surface area contributed by atoms with Gasteiger partial charge in [0.25, 0.3) is 0 Å². The zero-order valence-electron chi connectivity index (χ0n) is 10.0. The second-order valence-corrected chi connectivity index (χ2v) is 7.10. The molecular formula is C10H20O2S2Si2. The summed E-state index contributed by atoms with van der Waals surface area (Å²) < 4.78 is 10.8. The molecule has 0 saturated heterocycles. The van der Waals surface area contributed by atoms with E-state index < -0.39 is 0 Å². The molecule has 2 unspecified atom stereocenters. The molecule has 0 N–H and O–H groups in total. The third kappa shape index (κ3) is 11.5. The van der Waals surface area contributed by atoms with Gasteiger partial charge in [0.2, 0.25) is 0 Å². The van der Waals surface area contributed by atoms with Gasteiger partial charge in [0, 0.05) is 36.2 Å². The summed E-state index contributed by atoms with van der Waals surface area (Å²) in [5, 5.41) is 0. The molecule has 92 valence electrons. The Balaban J connectivity index is 3.15. The van der Waals surface area contributed by atoms with E-state index in [9.17, 15) is 0 Å². The lowest BCUT2D eigenvalue weighted by atomic mass is 10.5. The van der Waals surface area contributed by atoms with Crippen molar-refractivity contribution in [2.75, 3.05) is 24.7 Å². The van der Waals surface area contributed by atoms with E-state index in [1.165, 1.54) is 0 Å². The molecule has 0 aliphatic carbocycles. The third-order valence-electron chi connectivity index (χ3n) is 1.75. The van der Waals surface area contributed by atoms with Gasteiger partial charge in [-0.05, 0) is 26.7 Å². The van der Waals surface area contributed by atoms with Crippen LogP contribution >= 0.6 is 21.6 Å². The SMILES string of the molecule is CCOC([Si])CCSSCCC([Si])OCC. The number of ether oxygens (including phenoxy) is 2. The average molecular weight is 293 g/mol. The van der Waals surface area contributed by atoms with E-state index in [0.717, 1.165) is 37.6 Å². The Hall–Kier alpha value is 1.05. The molecule has 0 amide bonds. The van der Waals surface area contributed by atoms with Crippen molar-refractivity contribution >= 4 is 42.1 Å². The molecule has 6 heteroatoms. The Kier molecular flexibility index (Phi) is 13.3. The van der Waals surface area contributed by atoms with Gasteiger partial charge < -0.3 is 9.47 Å². The molecule has 0 fully saturated rings. The highest BCUT2D eigenvalue weighted by Gasteiger charge is 2.03. The Morgan fingerprint density at radius 3 is 1.56 bits per heavy atom. The van der Waals surface area contributed by atoms with Crippen molar-refractivity contribution in [2.24, 2.45) is 0 Å². The van der Waals surface area contributed by atoms with Crippen LogP contribution in [0.5, 0.6) is 0 Å². The molecule has 2 atom stereocenters. The van der Waals surface area contributed by atoms with Crippen molar-refractivity contribution in [3.63, 3.8) is 0 Å². The summed E-state index contributed by atoms with van der Waals surface area (Å²) in [6, 6.07) is 0. The van der Waals surface area contributed by atoms with Crippen LogP contribution in [0.2, 0.25) is 0 Å². The fourth-order valence-electron chi connectivity index (χ4n) is 0.997. The highest BCUT2D eigenvalue weighted by Crippen LogP contribution is 2.23. The monoisotopic (exact) mass is 292 g/mol. The fourth-order valence-corrected chi connectivity index (χ4v) is 4.18. The van der Waals surface area contributed by atoms with Gasteiger partial charge in [-0.1, -0.05) is 21.6 Å². The maximum Gasteiger partial charge on any atom is 0.0657 e. The second-order valence-electron chi connectivity index (χ2n) is 3.11. The normalized spacial score (nSPS) is 15.0. The van der Waals surface area contributed by atoms with E-state index in [4.69, 9.17) is 9.47 Å². The first-order valence-electron chi connectivity index (χ1n) is 5.60. The largest absolute Gasteiger partial charge is 0.383 e. The molecule has 16 heavy (non-hydrogen) atoms. The molecular weight excluding hydrogens is 272 g/mol. The first kappa shape index (κ1) is 17.1. The van der Waals surface area contributed by atoms with Gasteiger partial charge in [0.15, 0.2) is 0 Å². The average Bonchev–Trinajstić information content (AvgIpc) is 2.24. The molecule has 0 aromatic carbocycles. The van der Waals surface area contributed by atoms with E-state index in [1.54, 1.807) is 0 Å². The standard InChI is InChI=1S/C10H20O2S2Si2/c1-3-11-9(15)5-7-13-14-8-6-10(16)12-4-2/h9-10H,3-8H2,1-2H3. The minimum absolute atomic E-state index is 0.199. The summed E-state index contributed by atoms with van der Waals surface area (Å²) in [6.45, 7) is 5.56. The van der Waals surface area contributed by atoms with Crippen LogP contribution in [-0.4, -0.2) is 56.7 Å². The molecule has 0 aromatic heterocycles. The van der Waals surface area contributed by atoms with Gasteiger partial charge in [-0.2, -0.15) is 0 Å². The summed E-state index contributed by atoms with van der Waals surface area (Å²) in [5.41, 5.74) is 0.398. The van der Waals surface area contributed by atoms with Gasteiger partial charge >= 0.3 is 0 Å². The third-order valence-corrected chi connectivity index (χ3v) is 5.13. The Morgan fingerprint density at radius 1 is 0.875 bits per heavy atom. The van der Waals surface area contributed by atoms with Gasteiger partial charge in [-0.25, -0.2) is 0 Å². The maximum absolute atomic E-state index is 5.38. The van der Waals surface area contributed by atoms with E-state index >= 15 is 0 Å². The second kappa shape index (κ2) is 12.5. The zero-order chi connectivity index (χ0) is 12.2. The van der Waals surface area contributed by atoms with Crippen molar-refractivity contribution in [1.29, 1.82) is 0 Å². The van der Waals surface area contributed by atoms with Crippen LogP contribution < -0.4 is 0 Å². The lowest BCUT2D eigenvalue weighted by Gasteiger charge is -2.11.